The SMILES string of the molecule is CN=C(NCc1sc(-c2ccccc2)nc1C)N1CC2C3CCC(O3)C2C1.I. The van der Waals surface area contributed by atoms with E-state index in [0.29, 0.717) is 24.0 Å². The zero-order valence-corrected chi connectivity index (χ0v) is 19.4. The first kappa shape index (κ1) is 20.1. The third kappa shape index (κ3) is 3.57. The molecule has 150 valence electrons. The lowest BCUT2D eigenvalue weighted by atomic mass is 9.82. The number of thiazole rings is 1. The molecule has 0 aliphatic carbocycles. The summed E-state index contributed by atoms with van der Waals surface area (Å²) >= 11 is 1.77. The molecule has 2 aromatic rings. The van der Waals surface area contributed by atoms with Crippen LogP contribution in [0.3, 0.4) is 0 Å². The topological polar surface area (TPSA) is 49.8 Å². The van der Waals surface area contributed by atoms with E-state index in [1.807, 2.05) is 13.1 Å². The molecule has 1 N–H and O–H groups in total. The molecule has 0 saturated carbocycles. The van der Waals surface area contributed by atoms with Crippen LogP contribution in [0.1, 0.15) is 23.4 Å². The summed E-state index contributed by atoms with van der Waals surface area (Å²) in [7, 11) is 1.89. The fourth-order valence-corrected chi connectivity index (χ4v) is 5.93. The molecule has 4 unspecified atom stereocenters. The molecule has 28 heavy (non-hydrogen) atoms. The van der Waals surface area contributed by atoms with Gasteiger partial charge in [0.1, 0.15) is 5.01 Å². The Balaban J connectivity index is 0.00000192. The van der Waals surface area contributed by atoms with Gasteiger partial charge in [-0.2, -0.15) is 0 Å². The van der Waals surface area contributed by atoms with Gasteiger partial charge in [-0.3, -0.25) is 4.99 Å². The minimum atomic E-state index is 0. The molecule has 5 rings (SSSR count). The van der Waals surface area contributed by atoms with Crippen LogP contribution in [0, 0.1) is 18.8 Å². The summed E-state index contributed by atoms with van der Waals surface area (Å²) in [5, 5.41) is 4.67. The van der Waals surface area contributed by atoms with Crippen LogP contribution in [-0.2, 0) is 11.3 Å². The number of aliphatic imine (C=N–C) groups is 1. The fourth-order valence-electron chi connectivity index (χ4n) is 4.92. The van der Waals surface area contributed by atoms with E-state index in [9.17, 15) is 0 Å². The van der Waals surface area contributed by atoms with Gasteiger partial charge in [0.05, 0.1) is 24.4 Å². The van der Waals surface area contributed by atoms with Crippen LogP contribution in [0.15, 0.2) is 35.3 Å². The number of hydrogen-bond donors (Lipinski definition) is 1. The number of hydrogen-bond acceptors (Lipinski definition) is 4. The normalized spacial score (nSPS) is 28.4. The molecule has 2 bridgehead atoms. The van der Waals surface area contributed by atoms with Gasteiger partial charge in [-0.05, 0) is 19.8 Å². The molecule has 1 aromatic carbocycles. The van der Waals surface area contributed by atoms with E-state index in [2.05, 4.69) is 46.4 Å². The van der Waals surface area contributed by atoms with Gasteiger partial charge < -0.3 is 15.0 Å². The van der Waals surface area contributed by atoms with Crippen molar-refractivity contribution in [1.82, 2.24) is 15.2 Å². The largest absolute Gasteiger partial charge is 0.374 e. The van der Waals surface area contributed by atoms with Crippen molar-refractivity contribution in [2.75, 3.05) is 20.1 Å². The minimum Gasteiger partial charge on any atom is -0.374 e. The molecule has 3 fully saturated rings. The molecule has 7 heteroatoms. The number of fused-ring (bicyclic) bond motifs is 5. The van der Waals surface area contributed by atoms with Gasteiger partial charge in [-0.25, -0.2) is 4.98 Å². The third-order valence-corrected chi connectivity index (χ3v) is 7.49. The first-order valence-electron chi connectivity index (χ1n) is 9.85. The first-order valence-corrected chi connectivity index (χ1v) is 10.7. The predicted molar refractivity (Wildman–Crippen MR) is 124 cm³/mol. The highest BCUT2D eigenvalue weighted by Gasteiger charge is 2.53. The Morgan fingerprint density at radius 2 is 1.89 bits per heavy atom. The van der Waals surface area contributed by atoms with E-state index in [4.69, 9.17) is 9.72 Å². The molecule has 4 atom stereocenters. The van der Waals surface area contributed by atoms with Crippen LogP contribution in [0.25, 0.3) is 10.6 Å². The minimum absolute atomic E-state index is 0. The second kappa shape index (κ2) is 8.28. The van der Waals surface area contributed by atoms with Crippen molar-refractivity contribution in [3.05, 3.63) is 40.9 Å². The lowest BCUT2D eigenvalue weighted by Crippen LogP contribution is -2.40. The summed E-state index contributed by atoms with van der Waals surface area (Å²) in [5.41, 5.74) is 2.29. The molecule has 3 aliphatic heterocycles. The number of aromatic nitrogens is 1. The Bertz CT molecular complexity index is 837. The number of likely N-dealkylation sites (tertiary alicyclic amines) is 1. The first-order chi connectivity index (χ1) is 13.2. The van der Waals surface area contributed by atoms with Gasteiger partial charge in [0.25, 0.3) is 0 Å². The van der Waals surface area contributed by atoms with Crippen molar-refractivity contribution >= 4 is 41.3 Å². The van der Waals surface area contributed by atoms with Gasteiger partial charge in [-0.15, -0.1) is 35.3 Å². The molecule has 3 aliphatic rings. The van der Waals surface area contributed by atoms with Crippen LogP contribution in [0.4, 0.5) is 0 Å². The quantitative estimate of drug-likeness (QED) is 0.387. The van der Waals surface area contributed by atoms with E-state index in [-0.39, 0.29) is 24.0 Å². The van der Waals surface area contributed by atoms with Crippen LogP contribution < -0.4 is 5.32 Å². The highest BCUT2D eigenvalue weighted by molar-refractivity contribution is 14.0. The molecule has 0 radical (unpaired) electrons. The molecule has 4 heterocycles. The Labute approximate surface area is 187 Å². The van der Waals surface area contributed by atoms with E-state index in [1.54, 1.807) is 11.3 Å². The van der Waals surface area contributed by atoms with Crippen LogP contribution in [0.5, 0.6) is 0 Å². The second-order valence-electron chi connectivity index (χ2n) is 7.82. The Hall–Kier alpha value is -1.19. The second-order valence-corrected chi connectivity index (χ2v) is 8.90. The van der Waals surface area contributed by atoms with Gasteiger partial charge in [0, 0.05) is 42.4 Å². The summed E-state index contributed by atoms with van der Waals surface area (Å²) in [6, 6.07) is 10.4. The molecule has 3 saturated heterocycles. The number of nitrogens with zero attached hydrogens (tertiary/aromatic N) is 3. The zero-order chi connectivity index (χ0) is 18.4. The number of benzene rings is 1. The predicted octanol–water partition coefficient (Wildman–Crippen LogP) is 3.92. The highest BCUT2D eigenvalue weighted by Crippen LogP contribution is 2.47. The maximum Gasteiger partial charge on any atom is 0.193 e. The number of aryl methyl sites for hydroxylation is 1. The van der Waals surface area contributed by atoms with Crippen molar-refractivity contribution < 1.29 is 4.74 Å². The summed E-state index contributed by atoms with van der Waals surface area (Å²) in [5.74, 6) is 2.40. The third-order valence-electron chi connectivity index (χ3n) is 6.28. The van der Waals surface area contributed by atoms with Crippen molar-refractivity contribution in [3.8, 4) is 10.6 Å². The smallest absolute Gasteiger partial charge is 0.193 e. The van der Waals surface area contributed by atoms with Crippen molar-refractivity contribution in [2.24, 2.45) is 16.8 Å². The average molecular weight is 510 g/mol. The lowest BCUT2D eigenvalue weighted by Gasteiger charge is -2.23. The molecule has 0 spiro atoms. The number of guanidine groups is 1. The van der Waals surface area contributed by atoms with E-state index >= 15 is 0 Å². The summed E-state index contributed by atoms with van der Waals surface area (Å²) in [6.45, 7) is 5.01. The van der Waals surface area contributed by atoms with E-state index in [0.717, 1.165) is 36.3 Å². The maximum absolute atomic E-state index is 6.10. The van der Waals surface area contributed by atoms with Gasteiger partial charge in [0.15, 0.2) is 5.96 Å². The summed E-state index contributed by atoms with van der Waals surface area (Å²) in [6.07, 6.45) is 3.46. The van der Waals surface area contributed by atoms with E-state index in [1.165, 1.54) is 23.3 Å². The van der Waals surface area contributed by atoms with Crippen molar-refractivity contribution in [2.45, 2.75) is 38.5 Å². The molecule has 5 nitrogen and oxygen atoms in total. The monoisotopic (exact) mass is 510 g/mol. The Kier molecular flexibility index (Phi) is 5.94. The van der Waals surface area contributed by atoms with Crippen LogP contribution in [0.2, 0.25) is 0 Å². The fraction of sp³-hybridized carbons (Fsp3) is 0.524. The number of halogens is 1. The average Bonchev–Trinajstić information content (AvgIpc) is 3.45. The standard InChI is InChI=1S/C21H26N4OS.HI/c1-13-19(27-20(24-13)14-6-4-3-5-7-14)10-23-21(22-2)25-11-15-16(12-25)18-9-8-17(15)26-18;/h3-7,15-18H,8-12H2,1-2H3,(H,22,23);1H. The highest BCUT2D eigenvalue weighted by atomic mass is 127. The van der Waals surface area contributed by atoms with Crippen LogP contribution in [-0.4, -0.2) is 48.2 Å². The molecular formula is C21H27IN4OS. The molecular weight excluding hydrogens is 483 g/mol. The number of rotatable bonds is 3. The zero-order valence-electron chi connectivity index (χ0n) is 16.3. The van der Waals surface area contributed by atoms with Gasteiger partial charge in [0.2, 0.25) is 0 Å². The molecule has 1 aromatic heterocycles. The van der Waals surface area contributed by atoms with Crippen LogP contribution >= 0.6 is 35.3 Å². The number of ether oxygens (including phenoxy) is 1. The maximum atomic E-state index is 6.10. The number of nitrogens with one attached hydrogen (secondary N) is 1. The van der Waals surface area contributed by atoms with Gasteiger partial charge >= 0.3 is 0 Å². The summed E-state index contributed by atoms with van der Waals surface area (Å²) in [4.78, 5) is 13.0. The Morgan fingerprint density at radius 1 is 1.21 bits per heavy atom. The van der Waals surface area contributed by atoms with E-state index < -0.39 is 0 Å². The Morgan fingerprint density at radius 3 is 2.54 bits per heavy atom. The van der Waals surface area contributed by atoms with Crippen molar-refractivity contribution in [1.29, 1.82) is 0 Å². The summed E-state index contributed by atoms with van der Waals surface area (Å²) < 4.78 is 6.10. The van der Waals surface area contributed by atoms with Crippen molar-refractivity contribution in [3.63, 3.8) is 0 Å². The van der Waals surface area contributed by atoms with Gasteiger partial charge in [-0.1, -0.05) is 30.3 Å². The molecule has 0 amide bonds. The lowest BCUT2D eigenvalue weighted by molar-refractivity contribution is 0.0767.